The van der Waals surface area contributed by atoms with E-state index >= 15 is 0 Å². The topological polar surface area (TPSA) is 16.1 Å². The maximum Gasteiger partial charge on any atom is 0.0346 e. The number of hydrogen-bond acceptors (Lipinski definition) is 3. The number of likely N-dealkylation sites (tertiary alicyclic amines) is 1. The number of benzene rings is 1. The minimum Gasteiger partial charge on any atom is -0.303 e. The van der Waals surface area contributed by atoms with Crippen molar-refractivity contribution in [3.05, 3.63) is 35.1 Å². The maximum absolute atomic E-state index is 4.20. The van der Waals surface area contributed by atoms with Crippen LogP contribution in [0.3, 0.4) is 0 Å². The van der Waals surface area contributed by atoms with Crippen molar-refractivity contribution in [1.29, 1.82) is 0 Å². The third-order valence-corrected chi connectivity index (χ3v) is 6.46. The molecule has 22 heavy (non-hydrogen) atoms. The van der Waals surface area contributed by atoms with Gasteiger partial charge in [-0.15, -0.1) is 11.8 Å². The smallest absolute Gasteiger partial charge is 0.0346 e. The van der Waals surface area contributed by atoms with Crippen molar-refractivity contribution in [3.8, 4) is 0 Å². The van der Waals surface area contributed by atoms with Crippen LogP contribution in [0.5, 0.6) is 0 Å². The molecule has 2 aromatic rings. The Bertz CT molecular complexity index is 636. The summed E-state index contributed by atoms with van der Waals surface area (Å²) in [5, 5.41) is 3.21. The first kappa shape index (κ1) is 16.3. The van der Waals surface area contributed by atoms with Gasteiger partial charge in [0.2, 0.25) is 0 Å². The van der Waals surface area contributed by atoms with E-state index in [9.17, 15) is 0 Å². The third-order valence-electron chi connectivity index (χ3n) is 4.14. The molecule has 1 aliphatic heterocycles. The second-order valence-electron chi connectivity index (χ2n) is 6.52. The number of piperidine rings is 1. The van der Waals surface area contributed by atoms with E-state index in [1.165, 1.54) is 52.6 Å². The highest BCUT2D eigenvalue weighted by atomic mass is 79.9. The first-order chi connectivity index (χ1) is 10.6. The molecule has 0 N–H and O–H groups in total. The summed E-state index contributed by atoms with van der Waals surface area (Å²) >= 11 is 5.76. The van der Waals surface area contributed by atoms with Crippen molar-refractivity contribution in [2.75, 3.05) is 19.6 Å². The molecule has 0 saturated carbocycles. The summed E-state index contributed by atoms with van der Waals surface area (Å²) in [5.74, 6) is 0.771. The molecule has 1 aromatic heterocycles. The number of pyridine rings is 1. The van der Waals surface area contributed by atoms with Crippen molar-refractivity contribution in [2.24, 2.45) is 5.92 Å². The molecule has 1 saturated heterocycles. The van der Waals surface area contributed by atoms with Gasteiger partial charge in [0.1, 0.15) is 0 Å². The zero-order valence-electron chi connectivity index (χ0n) is 13.3. The molecule has 3 rings (SSSR count). The average molecular weight is 379 g/mol. The molecule has 2 heterocycles. The van der Waals surface area contributed by atoms with Crippen LogP contribution in [0, 0.1) is 5.92 Å². The molecule has 0 bridgehead atoms. The Hall–Kier alpha value is -0.580. The fourth-order valence-corrected chi connectivity index (χ4v) is 4.90. The Morgan fingerprint density at radius 3 is 2.77 bits per heavy atom. The normalized spacial score (nSPS) is 17.5. The van der Waals surface area contributed by atoms with Crippen LogP contribution in [0.4, 0.5) is 0 Å². The van der Waals surface area contributed by atoms with Gasteiger partial charge in [0.25, 0.3) is 0 Å². The molecule has 0 aliphatic carbocycles. The van der Waals surface area contributed by atoms with Gasteiger partial charge in [0.05, 0.1) is 0 Å². The van der Waals surface area contributed by atoms with Gasteiger partial charge in [-0.25, -0.2) is 0 Å². The zero-order chi connectivity index (χ0) is 15.5. The van der Waals surface area contributed by atoms with E-state index in [4.69, 9.17) is 0 Å². The predicted molar refractivity (Wildman–Crippen MR) is 99.6 cm³/mol. The summed E-state index contributed by atoms with van der Waals surface area (Å²) in [6.07, 6.45) is 6.38. The van der Waals surface area contributed by atoms with E-state index in [1.807, 2.05) is 24.2 Å². The molecule has 0 atom stereocenters. The molecule has 0 unspecified atom stereocenters. The maximum atomic E-state index is 4.20. The molecule has 0 amide bonds. The Morgan fingerprint density at radius 2 is 2.05 bits per heavy atom. The van der Waals surface area contributed by atoms with Crippen molar-refractivity contribution in [2.45, 2.75) is 36.8 Å². The van der Waals surface area contributed by atoms with E-state index in [2.05, 4.69) is 57.9 Å². The van der Waals surface area contributed by atoms with Crippen LogP contribution in [0.2, 0.25) is 0 Å². The van der Waals surface area contributed by atoms with Gasteiger partial charge in [-0.05, 0) is 71.4 Å². The largest absolute Gasteiger partial charge is 0.303 e. The summed E-state index contributed by atoms with van der Waals surface area (Å²) in [6.45, 7) is 8.34. The quantitative estimate of drug-likeness (QED) is 0.726. The third kappa shape index (κ3) is 4.03. The Labute approximate surface area is 145 Å². The van der Waals surface area contributed by atoms with Crippen molar-refractivity contribution in [3.63, 3.8) is 0 Å². The number of hydrogen-bond donors (Lipinski definition) is 0. The van der Waals surface area contributed by atoms with Crippen LogP contribution in [-0.4, -0.2) is 34.8 Å². The average Bonchev–Trinajstić information content (AvgIpc) is 2.49. The van der Waals surface area contributed by atoms with E-state index in [0.717, 1.165) is 11.2 Å². The SMILES string of the molecule is CC(C)CN1CCC(Sc2cc3ccncc3cc2Br)CC1. The first-order valence-electron chi connectivity index (χ1n) is 8.04. The van der Waals surface area contributed by atoms with Gasteiger partial charge in [-0.3, -0.25) is 4.98 Å². The summed E-state index contributed by atoms with van der Waals surface area (Å²) < 4.78 is 1.20. The van der Waals surface area contributed by atoms with Crippen molar-refractivity contribution < 1.29 is 0 Å². The summed E-state index contributed by atoms with van der Waals surface area (Å²) in [6, 6.07) is 6.59. The van der Waals surface area contributed by atoms with Gasteiger partial charge in [0, 0.05) is 38.9 Å². The molecule has 2 nitrogen and oxygen atoms in total. The zero-order valence-corrected chi connectivity index (χ0v) is 15.7. The van der Waals surface area contributed by atoms with Crippen molar-refractivity contribution in [1.82, 2.24) is 9.88 Å². The lowest BCUT2D eigenvalue weighted by molar-refractivity contribution is 0.209. The van der Waals surface area contributed by atoms with Crippen LogP contribution in [0.25, 0.3) is 10.8 Å². The Balaban J connectivity index is 1.65. The van der Waals surface area contributed by atoms with E-state index in [1.54, 1.807) is 0 Å². The van der Waals surface area contributed by atoms with Crippen LogP contribution >= 0.6 is 27.7 Å². The number of thioether (sulfide) groups is 1. The number of aromatic nitrogens is 1. The molecule has 1 aromatic carbocycles. The van der Waals surface area contributed by atoms with Gasteiger partial charge in [-0.2, -0.15) is 0 Å². The van der Waals surface area contributed by atoms with E-state index in [-0.39, 0.29) is 0 Å². The van der Waals surface area contributed by atoms with E-state index in [0.29, 0.717) is 0 Å². The second-order valence-corrected chi connectivity index (χ2v) is 8.71. The highest BCUT2D eigenvalue weighted by Gasteiger charge is 2.21. The molecule has 4 heteroatoms. The summed E-state index contributed by atoms with van der Waals surface area (Å²) in [5.41, 5.74) is 0. The first-order valence-corrected chi connectivity index (χ1v) is 9.71. The minimum atomic E-state index is 0.735. The van der Waals surface area contributed by atoms with Gasteiger partial charge in [0.15, 0.2) is 0 Å². The van der Waals surface area contributed by atoms with Crippen LogP contribution < -0.4 is 0 Å². The Kier molecular flexibility index (Phi) is 5.42. The van der Waals surface area contributed by atoms with E-state index < -0.39 is 0 Å². The van der Waals surface area contributed by atoms with Gasteiger partial charge < -0.3 is 4.90 Å². The monoisotopic (exact) mass is 378 g/mol. The summed E-state index contributed by atoms with van der Waals surface area (Å²) in [4.78, 5) is 8.17. The number of rotatable bonds is 4. The molecular weight excluding hydrogens is 356 g/mol. The molecule has 0 radical (unpaired) electrons. The van der Waals surface area contributed by atoms with Crippen molar-refractivity contribution >= 4 is 38.5 Å². The van der Waals surface area contributed by atoms with Crippen LogP contribution in [0.15, 0.2) is 40.0 Å². The predicted octanol–water partition coefficient (Wildman–Crippen LogP) is 5.21. The molecule has 1 fully saturated rings. The highest BCUT2D eigenvalue weighted by molar-refractivity contribution is 9.10. The standard InChI is InChI=1S/C18H23BrN2S/c1-13(2)12-21-7-4-16(5-8-21)22-18-10-14-3-6-20-11-15(14)9-17(18)19/h3,6,9-11,13,16H,4-5,7-8,12H2,1-2H3. The fourth-order valence-electron chi connectivity index (χ4n) is 3.08. The van der Waals surface area contributed by atoms with Gasteiger partial charge >= 0.3 is 0 Å². The Morgan fingerprint density at radius 1 is 1.27 bits per heavy atom. The van der Waals surface area contributed by atoms with Gasteiger partial charge in [-0.1, -0.05) is 13.8 Å². The minimum absolute atomic E-state index is 0.735. The number of halogens is 1. The number of fused-ring (bicyclic) bond motifs is 1. The lowest BCUT2D eigenvalue weighted by Gasteiger charge is -2.32. The van der Waals surface area contributed by atoms with Crippen LogP contribution in [-0.2, 0) is 0 Å². The lowest BCUT2D eigenvalue weighted by atomic mass is 10.1. The second kappa shape index (κ2) is 7.33. The molecule has 0 spiro atoms. The molecule has 1 aliphatic rings. The van der Waals surface area contributed by atoms with Crippen LogP contribution in [0.1, 0.15) is 26.7 Å². The molecular formula is C18H23BrN2S. The lowest BCUT2D eigenvalue weighted by Crippen LogP contribution is -2.37. The highest BCUT2D eigenvalue weighted by Crippen LogP contribution is 2.37. The summed E-state index contributed by atoms with van der Waals surface area (Å²) in [7, 11) is 0. The molecule has 118 valence electrons. The number of nitrogens with zero attached hydrogens (tertiary/aromatic N) is 2. The fraction of sp³-hybridized carbons (Fsp3) is 0.500.